The molecule has 2 aromatic carbocycles. The van der Waals surface area contributed by atoms with Crippen molar-refractivity contribution in [2.75, 3.05) is 6.61 Å². The molecule has 0 aliphatic heterocycles. The van der Waals surface area contributed by atoms with E-state index in [1.54, 1.807) is 29.0 Å². The molecule has 0 bridgehead atoms. The van der Waals surface area contributed by atoms with E-state index in [2.05, 4.69) is 22.2 Å². The van der Waals surface area contributed by atoms with E-state index in [0.29, 0.717) is 0 Å². The van der Waals surface area contributed by atoms with E-state index in [1.165, 1.54) is 18.4 Å². The van der Waals surface area contributed by atoms with Crippen LogP contribution in [0.1, 0.15) is 37.3 Å². The Labute approximate surface area is 174 Å². The van der Waals surface area contributed by atoms with Gasteiger partial charge >= 0.3 is 0 Å². The van der Waals surface area contributed by atoms with Crippen molar-refractivity contribution < 1.29 is 4.74 Å². The molecule has 0 amide bonds. The van der Waals surface area contributed by atoms with Gasteiger partial charge in [-0.25, -0.2) is 0 Å². The third-order valence-corrected chi connectivity index (χ3v) is 5.27. The van der Waals surface area contributed by atoms with Crippen LogP contribution in [-0.2, 0) is 5.75 Å². The third kappa shape index (κ3) is 6.39. The Hall–Kier alpha value is -2.31. The van der Waals surface area contributed by atoms with Gasteiger partial charge < -0.3 is 4.74 Å². The second kappa shape index (κ2) is 10.9. The van der Waals surface area contributed by atoms with Gasteiger partial charge in [-0.1, -0.05) is 55.3 Å². The van der Waals surface area contributed by atoms with E-state index < -0.39 is 0 Å². The van der Waals surface area contributed by atoms with Gasteiger partial charge in [0.1, 0.15) is 12.1 Å². The maximum Gasteiger partial charge on any atom is 0.212 e. The van der Waals surface area contributed by atoms with E-state index in [-0.39, 0.29) is 0 Å². The van der Waals surface area contributed by atoms with Crippen LogP contribution in [0, 0.1) is 0 Å². The van der Waals surface area contributed by atoms with Crippen molar-refractivity contribution in [2.45, 2.75) is 37.1 Å². The normalized spacial score (nSPS) is 11.2. The Bertz CT molecular complexity index is 878. The molecule has 0 aliphatic carbocycles. The van der Waals surface area contributed by atoms with E-state index in [0.717, 1.165) is 40.3 Å². The van der Waals surface area contributed by atoms with Crippen LogP contribution >= 0.6 is 23.4 Å². The fourth-order valence-corrected chi connectivity index (χ4v) is 3.39. The summed E-state index contributed by atoms with van der Waals surface area (Å²) in [5, 5.41) is 14.0. The van der Waals surface area contributed by atoms with Crippen LogP contribution in [0.4, 0.5) is 0 Å². The Kier molecular flexibility index (Phi) is 7.94. The van der Waals surface area contributed by atoms with Crippen LogP contribution in [0.25, 0.3) is 0 Å². The molecule has 0 saturated carbocycles. The number of unbranched alkanes of at least 4 members (excludes halogenated alkanes) is 2. The number of benzene rings is 2. The van der Waals surface area contributed by atoms with E-state index in [4.69, 9.17) is 16.3 Å². The first-order valence-electron chi connectivity index (χ1n) is 9.29. The van der Waals surface area contributed by atoms with Crippen molar-refractivity contribution in [3.8, 4) is 5.75 Å². The molecule has 0 unspecified atom stereocenters. The van der Waals surface area contributed by atoms with Gasteiger partial charge in [0, 0.05) is 10.8 Å². The fraction of sp³-hybridized carbons (Fsp3) is 0.286. The highest BCUT2D eigenvalue weighted by Crippen LogP contribution is 2.21. The summed E-state index contributed by atoms with van der Waals surface area (Å²) in [6, 6.07) is 15.7. The molecule has 7 heteroatoms. The molecule has 1 heterocycles. The molecule has 0 atom stereocenters. The van der Waals surface area contributed by atoms with Gasteiger partial charge in [-0.05, 0) is 53.9 Å². The van der Waals surface area contributed by atoms with Crippen LogP contribution in [0.5, 0.6) is 5.75 Å². The molecule has 0 radical (unpaired) electrons. The van der Waals surface area contributed by atoms with Crippen molar-refractivity contribution in [1.82, 2.24) is 14.9 Å². The number of hydrogen-bond donors (Lipinski definition) is 0. The lowest BCUT2D eigenvalue weighted by molar-refractivity contribution is 0.306. The van der Waals surface area contributed by atoms with Crippen LogP contribution in [0.2, 0.25) is 5.02 Å². The SMILES string of the molecule is CCCCCOc1ccc(/C=N/n2cnnc2SCc2ccc(Cl)cc2)cc1. The summed E-state index contributed by atoms with van der Waals surface area (Å²) < 4.78 is 7.41. The van der Waals surface area contributed by atoms with E-state index >= 15 is 0 Å². The summed E-state index contributed by atoms with van der Waals surface area (Å²) >= 11 is 7.50. The first-order valence-corrected chi connectivity index (χ1v) is 10.7. The number of thioether (sulfide) groups is 1. The Morgan fingerprint density at radius 1 is 1.11 bits per heavy atom. The average Bonchev–Trinajstić information content (AvgIpc) is 3.17. The van der Waals surface area contributed by atoms with Crippen molar-refractivity contribution in [3.05, 3.63) is 71.0 Å². The van der Waals surface area contributed by atoms with Crippen LogP contribution < -0.4 is 4.74 Å². The largest absolute Gasteiger partial charge is 0.494 e. The van der Waals surface area contributed by atoms with E-state index in [9.17, 15) is 0 Å². The lowest BCUT2D eigenvalue weighted by Gasteiger charge is -2.05. The Balaban J connectivity index is 1.54. The minimum atomic E-state index is 0.735. The lowest BCUT2D eigenvalue weighted by atomic mass is 10.2. The molecule has 0 saturated heterocycles. The van der Waals surface area contributed by atoms with Crippen LogP contribution in [-0.4, -0.2) is 27.7 Å². The zero-order valence-electron chi connectivity index (χ0n) is 15.8. The average molecular weight is 415 g/mol. The second-order valence-corrected chi connectivity index (χ2v) is 7.62. The van der Waals surface area contributed by atoms with Gasteiger partial charge in [0.2, 0.25) is 5.16 Å². The number of aromatic nitrogens is 3. The standard InChI is InChI=1S/C21H23ClN4OS/c1-2-3-4-13-27-20-11-7-17(8-12-20)14-24-26-16-23-25-21(26)28-15-18-5-9-19(22)10-6-18/h5-12,14,16H,2-4,13,15H2,1H3/b24-14+. The topological polar surface area (TPSA) is 52.3 Å². The molecule has 5 nitrogen and oxygen atoms in total. The van der Waals surface area contributed by atoms with Gasteiger partial charge in [0.15, 0.2) is 0 Å². The molecule has 146 valence electrons. The predicted molar refractivity (Wildman–Crippen MR) is 115 cm³/mol. The maximum atomic E-state index is 5.92. The number of nitrogens with zero attached hydrogens (tertiary/aromatic N) is 4. The first kappa shape index (κ1) is 20.4. The van der Waals surface area contributed by atoms with Gasteiger partial charge in [-0.3, -0.25) is 0 Å². The number of halogens is 1. The number of rotatable bonds is 10. The predicted octanol–water partition coefficient (Wildman–Crippen LogP) is 5.68. The third-order valence-electron chi connectivity index (χ3n) is 4.01. The second-order valence-electron chi connectivity index (χ2n) is 6.24. The van der Waals surface area contributed by atoms with E-state index in [1.807, 2.05) is 48.5 Å². The van der Waals surface area contributed by atoms with Gasteiger partial charge in [0.25, 0.3) is 0 Å². The zero-order chi connectivity index (χ0) is 19.6. The van der Waals surface area contributed by atoms with Crippen molar-refractivity contribution in [3.63, 3.8) is 0 Å². The minimum absolute atomic E-state index is 0.735. The fourth-order valence-electron chi connectivity index (χ4n) is 2.44. The molecule has 28 heavy (non-hydrogen) atoms. The summed E-state index contributed by atoms with van der Waals surface area (Å²) in [6.07, 6.45) is 6.87. The summed E-state index contributed by atoms with van der Waals surface area (Å²) in [5.74, 6) is 1.66. The van der Waals surface area contributed by atoms with Gasteiger partial charge in [-0.15, -0.1) is 10.2 Å². The highest BCUT2D eigenvalue weighted by atomic mass is 35.5. The molecule has 3 aromatic rings. The zero-order valence-corrected chi connectivity index (χ0v) is 17.4. The number of hydrogen-bond acceptors (Lipinski definition) is 5. The maximum absolute atomic E-state index is 5.92. The molecule has 1 aromatic heterocycles. The molecule has 3 rings (SSSR count). The molecule has 0 fully saturated rings. The first-order chi connectivity index (χ1) is 13.7. The molecule has 0 aliphatic rings. The monoisotopic (exact) mass is 414 g/mol. The highest BCUT2D eigenvalue weighted by Gasteiger charge is 2.05. The van der Waals surface area contributed by atoms with Crippen molar-refractivity contribution in [2.24, 2.45) is 5.10 Å². The van der Waals surface area contributed by atoms with Crippen molar-refractivity contribution in [1.29, 1.82) is 0 Å². The molecular formula is C21H23ClN4OS. The smallest absolute Gasteiger partial charge is 0.212 e. The van der Waals surface area contributed by atoms with Crippen LogP contribution in [0.3, 0.4) is 0 Å². The summed E-state index contributed by atoms with van der Waals surface area (Å²) in [7, 11) is 0. The summed E-state index contributed by atoms with van der Waals surface area (Å²) in [6.45, 7) is 2.95. The Morgan fingerprint density at radius 2 is 1.89 bits per heavy atom. The van der Waals surface area contributed by atoms with Crippen LogP contribution in [0.15, 0.2) is 65.1 Å². The van der Waals surface area contributed by atoms with Gasteiger partial charge in [-0.2, -0.15) is 9.78 Å². The Morgan fingerprint density at radius 3 is 2.64 bits per heavy atom. The summed E-state index contributed by atoms with van der Waals surface area (Å²) in [4.78, 5) is 0. The molecule has 0 N–H and O–H groups in total. The van der Waals surface area contributed by atoms with Crippen molar-refractivity contribution >= 4 is 29.6 Å². The summed E-state index contributed by atoms with van der Waals surface area (Å²) in [5.41, 5.74) is 2.16. The molecular weight excluding hydrogens is 392 g/mol. The lowest BCUT2D eigenvalue weighted by Crippen LogP contribution is -1.97. The minimum Gasteiger partial charge on any atom is -0.494 e. The quantitative estimate of drug-likeness (QED) is 0.243. The number of ether oxygens (including phenoxy) is 1. The molecule has 0 spiro atoms. The van der Waals surface area contributed by atoms with Gasteiger partial charge in [0.05, 0.1) is 12.8 Å². The highest BCUT2D eigenvalue weighted by molar-refractivity contribution is 7.98.